The van der Waals surface area contributed by atoms with E-state index in [1.807, 2.05) is 0 Å². The highest BCUT2D eigenvalue weighted by Gasteiger charge is 2.24. The SMILES string of the molecule is CCCCCCCCCCCCCCCCCCCC1N(CCC)C=CN1CCCCCCCCCC. The molecule has 220 valence electrons. The normalized spacial score (nSPS) is 15.4. The van der Waals surface area contributed by atoms with Crippen LogP contribution in [0.4, 0.5) is 0 Å². The zero-order valence-corrected chi connectivity index (χ0v) is 26.1. The molecule has 0 bridgehead atoms. The Morgan fingerprint density at radius 2 is 0.676 bits per heavy atom. The van der Waals surface area contributed by atoms with Gasteiger partial charge in [0.25, 0.3) is 0 Å². The van der Waals surface area contributed by atoms with Crippen LogP contribution in [-0.2, 0) is 0 Å². The second kappa shape index (κ2) is 26.9. The van der Waals surface area contributed by atoms with Gasteiger partial charge in [-0.1, -0.05) is 168 Å². The van der Waals surface area contributed by atoms with Crippen molar-refractivity contribution in [2.75, 3.05) is 13.1 Å². The predicted molar refractivity (Wildman–Crippen MR) is 168 cm³/mol. The number of hydrogen-bond donors (Lipinski definition) is 0. The van der Waals surface area contributed by atoms with Crippen LogP contribution >= 0.6 is 0 Å². The van der Waals surface area contributed by atoms with Crippen molar-refractivity contribution >= 4 is 0 Å². The Hall–Kier alpha value is -0.660. The van der Waals surface area contributed by atoms with E-state index in [0.717, 1.165) is 0 Å². The van der Waals surface area contributed by atoms with Crippen molar-refractivity contribution in [1.82, 2.24) is 9.80 Å². The maximum Gasteiger partial charge on any atom is 0.101 e. The molecule has 0 saturated carbocycles. The van der Waals surface area contributed by atoms with Crippen LogP contribution in [0.15, 0.2) is 12.4 Å². The van der Waals surface area contributed by atoms with Crippen molar-refractivity contribution in [1.29, 1.82) is 0 Å². The van der Waals surface area contributed by atoms with Crippen LogP contribution in [0.1, 0.15) is 194 Å². The molecule has 0 radical (unpaired) electrons. The summed E-state index contributed by atoms with van der Waals surface area (Å²) in [6, 6.07) is 0. The minimum absolute atomic E-state index is 0.640. The molecule has 2 heteroatoms. The van der Waals surface area contributed by atoms with Gasteiger partial charge in [0.15, 0.2) is 0 Å². The van der Waals surface area contributed by atoms with Crippen molar-refractivity contribution in [2.45, 2.75) is 200 Å². The molecule has 2 nitrogen and oxygen atoms in total. The van der Waals surface area contributed by atoms with Gasteiger partial charge in [-0.05, 0) is 25.7 Å². The van der Waals surface area contributed by atoms with E-state index in [4.69, 9.17) is 0 Å². The number of hydrogen-bond acceptors (Lipinski definition) is 2. The molecule has 0 saturated heterocycles. The summed E-state index contributed by atoms with van der Waals surface area (Å²) in [4.78, 5) is 5.29. The lowest BCUT2D eigenvalue weighted by molar-refractivity contribution is 0.137. The summed E-state index contributed by atoms with van der Waals surface area (Å²) < 4.78 is 0. The molecule has 1 unspecified atom stereocenters. The second-order valence-electron chi connectivity index (χ2n) is 12.2. The van der Waals surface area contributed by atoms with Gasteiger partial charge < -0.3 is 9.80 Å². The van der Waals surface area contributed by atoms with Gasteiger partial charge in [0.2, 0.25) is 0 Å². The smallest absolute Gasteiger partial charge is 0.101 e. The van der Waals surface area contributed by atoms with E-state index in [1.165, 1.54) is 186 Å². The molecule has 0 aromatic carbocycles. The van der Waals surface area contributed by atoms with Crippen molar-refractivity contribution in [2.24, 2.45) is 0 Å². The van der Waals surface area contributed by atoms with Gasteiger partial charge >= 0.3 is 0 Å². The highest BCUT2D eigenvalue weighted by Crippen LogP contribution is 2.23. The fraction of sp³-hybridized carbons (Fsp3) is 0.943. The molecule has 1 atom stereocenters. The maximum atomic E-state index is 2.67. The third kappa shape index (κ3) is 20.0. The van der Waals surface area contributed by atoms with Gasteiger partial charge in [-0.15, -0.1) is 0 Å². The zero-order valence-electron chi connectivity index (χ0n) is 26.1. The topological polar surface area (TPSA) is 6.48 Å². The van der Waals surface area contributed by atoms with Crippen molar-refractivity contribution < 1.29 is 0 Å². The Morgan fingerprint density at radius 3 is 1.05 bits per heavy atom. The van der Waals surface area contributed by atoms with Gasteiger partial charge in [-0.25, -0.2) is 0 Å². The van der Waals surface area contributed by atoms with Gasteiger partial charge in [0.05, 0.1) is 0 Å². The molecular formula is C35H70N2. The van der Waals surface area contributed by atoms with Gasteiger partial charge in [0.1, 0.15) is 6.17 Å². The lowest BCUT2D eigenvalue weighted by Gasteiger charge is -2.33. The third-order valence-corrected chi connectivity index (χ3v) is 8.53. The maximum absolute atomic E-state index is 2.67. The van der Waals surface area contributed by atoms with E-state index >= 15 is 0 Å². The van der Waals surface area contributed by atoms with Crippen LogP contribution in [0, 0.1) is 0 Å². The van der Waals surface area contributed by atoms with E-state index in [2.05, 4.69) is 43.0 Å². The molecule has 0 aromatic heterocycles. The summed E-state index contributed by atoms with van der Waals surface area (Å²) in [7, 11) is 0. The van der Waals surface area contributed by atoms with Gasteiger partial charge in [-0.2, -0.15) is 0 Å². The highest BCUT2D eigenvalue weighted by atomic mass is 15.4. The van der Waals surface area contributed by atoms with Gasteiger partial charge in [-0.3, -0.25) is 0 Å². The molecule has 0 spiro atoms. The summed E-state index contributed by atoms with van der Waals surface area (Å²) in [5.74, 6) is 0. The number of nitrogens with zero attached hydrogens (tertiary/aromatic N) is 2. The Kier molecular flexibility index (Phi) is 25.0. The van der Waals surface area contributed by atoms with Crippen molar-refractivity contribution in [3.8, 4) is 0 Å². The van der Waals surface area contributed by atoms with E-state index in [1.54, 1.807) is 0 Å². The molecule has 1 heterocycles. The molecule has 1 aliphatic heterocycles. The first-order valence-corrected chi connectivity index (χ1v) is 17.5. The molecular weight excluding hydrogens is 448 g/mol. The van der Waals surface area contributed by atoms with Crippen LogP contribution in [0.3, 0.4) is 0 Å². The molecule has 37 heavy (non-hydrogen) atoms. The predicted octanol–water partition coefficient (Wildman–Crippen LogP) is 12.0. The van der Waals surface area contributed by atoms with E-state index in [-0.39, 0.29) is 0 Å². The number of rotatable bonds is 29. The molecule has 0 aliphatic carbocycles. The molecule has 0 aromatic rings. The summed E-state index contributed by atoms with van der Waals surface area (Å²) in [6.45, 7) is 9.41. The minimum atomic E-state index is 0.640. The average Bonchev–Trinajstić information content (AvgIpc) is 3.28. The molecule has 1 aliphatic rings. The zero-order chi connectivity index (χ0) is 26.7. The van der Waals surface area contributed by atoms with E-state index < -0.39 is 0 Å². The summed E-state index contributed by atoms with van der Waals surface area (Å²) in [6.07, 6.45) is 44.1. The van der Waals surface area contributed by atoms with Crippen LogP contribution in [0.25, 0.3) is 0 Å². The molecule has 0 fully saturated rings. The van der Waals surface area contributed by atoms with Crippen LogP contribution in [-0.4, -0.2) is 29.1 Å². The van der Waals surface area contributed by atoms with Crippen LogP contribution in [0.5, 0.6) is 0 Å². The second-order valence-corrected chi connectivity index (χ2v) is 12.2. The van der Waals surface area contributed by atoms with Gasteiger partial charge in [0, 0.05) is 25.5 Å². The number of unbranched alkanes of at least 4 members (excludes halogenated alkanes) is 23. The Labute approximate surface area is 235 Å². The average molecular weight is 519 g/mol. The summed E-state index contributed by atoms with van der Waals surface area (Å²) >= 11 is 0. The fourth-order valence-electron chi connectivity index (χ4n) is 6.08. The van der Waals surface area contributed by atoms with Crippen molar-refractivity contribution in [3.63, 3.8) is 0 Å². The van der Waals surface area contributed by atoms with Crippen molar-refractivity contribution in [3.05, 3.63) is 12.4 Å². The quantitative estimate of drug-likeness (QED) is 0.0908. The standard InChI is InChI=1S/C35H70N2/c1-4-7-9-11-13-15-16-17-18-19-20-21-22-23-24-26-28-30-35-36(31-6-3)33-34-37(35)32-29-27-25-14-12-10-8-5-2/h33-35H,4-32H2,1-3H3. The Bertz CT molecular complexity index is 474. The Balaban J connectivity index is 1.97. The fourth-order valence-corrected chi connectivity index (χ4v) is 6.08. The highest BCUT2D eigenvalue weighted by molar-refractivity contribution is 4.96. The first kappa shape index (κ1) is 34.4. The lowest BCUT2D eigenvalue weighted by Crippen LogP contribution is -2.39. The minimum Gasteiger partial charge on any atom is -0.356 e. The van der Waals surface area contributed by atoms with Crippen LogP contribution in [0.2, 0.25) is 0 Å². The lowest BCUT2D eigenvalue weighted by atomic mass is 10.0. The van der Waals surface area contributed by atoms with E-state index in [9.17, 15) is 0 Å². The first-order valence-electron chi connectivity index (χ1n) is 17.5. The third-order valence-electron chi connectivity index (χ3n) is 8.53. The first-order chi connectivity index (χ1) is 18.3. The largest absolute Gasteiger partial charge is 0.356 e. The van der Waals surface area contributed by atoms with E-state index in [0.29, 0.717) is 6.17 Å². The van der Waals surface area contributed by atoms with Crippen LogP contribution < -0.4 is 0 Å². The summed E-state index contributed by atoms with van der Waals surface area (Å²) in [5.41, 5.74) is 0. The molecule has 1 rings (SSSR count). The molecule has 0 N–H and O–H groups in total. The summed E-state index contributed by atoms with van der Waals surface area (Å²) in [5, 5.41) is 0. The monoisotopic (exact) mass is 519 g/mol. The Morgan fingerprint density at radius 1 is 0.351 bits per heavy atom. The molecule has 0 amide bonds.